The first-order valence-electron chi connectivity index (χ1n) is 7.78. The third kappa shape index (κ3) is 2.91. The van der Waals surface area contributed by atoms with Crippen LogP contribution in [0, 0.1) is 0 Å². The number of furan rings is 1. The van der Waals surface area contributed by atoms with E-state index in [1.807, 2.05) is 42.5 Å². The van der Waals surface area contributed by atoms with Crippen molar-refractivity contribution in [1.82, 2.24) is 0 Å². The molecule has 3 aromatic carbocycles. The monoisotopic (exact) mass is 338 g/mol. The van der Waals surface area contributed by atoms with Gasteiger partial charge >= 0.3 is 6.18 Å². The Morgan fingerprint density at radius 2 is 1.40 bits per heavy atom. The quantitative estimate of drug-likeness (QED) is 0.392. The molecule has 0 amide bonds. The second kappa shape index (κ2) is 5.81. The van der Waals surface area contributed by atoms with Crippen LogP contribution in [0.2, 0.25) is 0 Å². The van der Waals surface area contributed by atoms with Crippen molar-refractivity contribution >= 4 is 10.8 Å². The molecule has 0 spiro atoms. The minimum atomic E-state index is -4.37. The molecule has 124 valence electrons. The number of fused-ring (bicyclic) bond motifs is 1. The van der Waals surface area contributed by atoms with Crippen LogP contribution in [0.3, 0.4) is 0 Å². The summed E-state index contributed by atoms with van der Waals surface area (Å²) in [5.41, 5.74) is 0.630. The molecule has 0 N–H and O–H groups in total. The van der Waals surface area contributed by atoms with E-state index in [2.05, 4.69) is 0 Å². The lowest BCUT2D eigenvalue weighted by Gasteiger charge is -2.07. The Morgan fingerprint density at radius 1 is 0.680 bits per heavy atom. The van der Waals surface area contributed by atoms with Gasteiger partial charge in [-0.05, 0) is 35.0 Å². The fourth-order valence-corrected chi connectivity index (χ4v) is 2.93. The lowest BCUT2D eigenvalue weighted by Crippen LogP contribution is -2.04. The second-order valence-corrected chi connectivity index (χ2v) is 5.77. The number of alkyl halides is 3. The summed E-state index contributed by atoms with van der Waals surface area (Å²) in [6.45, 7) is 0. The van der Waals surface area contributed by atoms with Crippen molar-refractivity contribution in [3.63, 3.8) is 0 Å². The second-order valence-electron chi connectivity index (χ2n) is 5.77. The summed E-state index contributed by atoms with van der Waals surface area (Å²) < 4.78 is 44.6. The van der Waals surface area contributed by atoms with Crippen LogP contribution in [-0.2, 0) is 6.18 Å². The van der Waals surface area contributed by atoms with Gasteiger partial charge < -0.3 is 4.42 Å². The van der Waals surface area contributed by atoms with E-state index in [-0.39, 0.29) is 0 Å². The number of hydrogen-bond acceptors (Lipinski definition) is 1. The molecule has 0 aliphatic carbocycles. The zero-order chi connectivity index (χ0) is 17.4. The standard InChI is InChI=1S/C21H13F3O/c22-21(23,24)16-8-3-7-15(13-16)19-11-12-20(25-19)18-10-4-6-14-5-1-2-9-17(14)18/h1-13H. The third-order valence-corrected chi connectivity index (χ3v) is 4.14. The van der Waals surface area contributed by atoms with Crippen LogP contribution in [0.4, 0.5) is 13.2 Å². The van der Waals surface area contributed by atoms with Gasteiger partial charge in [-0.3, -0.25) is 0 Å². The maximum atomic E-state index is 12.9. The van der Waals surface area contributed by atoms with Crippen molar-refractivity contribution in [3.05, 3.63) is 84.4 Å². The van der Waals surface area contributed by atoms with E-state index in [4.69, 9.17) is 4.42 Å². The molecule has 25 heavy (non-hydrogen) atoms. The smallest absolute Gasteiger partial charge is 0.416 e. The van der Waals surface area contributed by atoms with Gasteiger partial charge in [0, 0.05) is 11.1 Å². The highest BCUT2D eigenvalue weighted by Gasteiger charge is 2.30. The molecule has 0 atom stereocenters. The zero-order valence-electron chi connectivity index (χ0n) is 13.0. The first-order valence-corrected chi connectivity index (χ1v) is 7.78. The number of benzene rings is 3. The highest BCUT2D eigenvalue weighted by molar-refractivity contribution is 5.95. The average Bonchev–Trinajstić information content (AvgIpc) is 3.10. The summed E-state index contributed by atoms with van der Waals surface area (Å²) in [5.74, 6) is 1.04. The largest absolute Gasteiger partial charge is 0.456 e. The van der Waals surface area contributed by atoms with Gasteiger partial charge in [0.15, 0.2) is 0 Å². The fourth-order valence-electron chi connectivity index (χ4n) is 2.93. The highest BCUT2D eigenvalue weighted by atomic mass is 19.4. The summed E-state index contributed by atoms with van der Waals surface area (Å²) in [6.07, 6.45) is -4.37. The van der Waals surface area contributed by atoms with Gasteiger partial charge in [0.25, 0.3) is 0 Å². The van der Waals surface area contributed by atoms with Crippen molar-refractivity contribution in [1.29, 1.82) is 0 Å². The Balaban J connectivity index is 1.78. The van der Waals surface area contributed by atoms with Crippen LogP contribution in [0.5, 0.6) is 0 Å². The topological polar surface area (TPSA) is 13.1 Å². The van der Waals surface area contributed by atoms with E-state index in [0.717, 1.165) is 28.5 Å². The van der Waals surface area contributed by atoms with Crippen molar-refractivity contribution in [2.24, 2.45) is 0 Å². The molecule has 0 bridgehead atoms. The molecular weight excluding hydrogens is 325 g/mol. The minimum Gasteiger partial charge on any atom is -0.456 e. The van der Waals surface area contributed by atoms with Crippen molar-refractivity contribution in [2.75, 3.05) is 0 Å². The molecule has 4 rings (SSSR count). The molecule has 0 aliphatic heterocycles. The predicted octanol–water partition coefficient (Wildman–Crippen LogP) is 6.79. The van der Waals surface area contributed by atoms with Crippen LogP contribution >= 0.6 is 0 Å². The van der Waals surface area contributed by atoms with Crippen LogP contribution in [0.1, 0.15) is 5.56 Å². The minimum absolute atomic E-state index is 0.404. The first kappa shape index (κ1) is 15.5. The summed E-state index contributed by atoms with van der Waals surface area (Å²) in [7, 11) is 0. The van der Waals surface area contributed by atoms with E-state index < -0.39 is 11.7 Å². The molecule has 4 heteroatoms. The maximum absolute atomic E-state index is 12.9. The Morgan fingerprint density at radius 3 is 2.24 bits per heavy atom. The van der Waals surface area contributed by atoms with Crippen molar-refractivity contribution < 1.29 is 17.6 Å². The van der Waals surface area contributed by atoms with Gasteiger partial charge in [0.05, 0.1) is 5.56 Å². The van der Waals surface area contributed by atoms with E-state index in [0.29, 0.717) is 17.1 Å². The Hall–Kier alpha value is -3.01. The van der Waals surface area contributed by atoms with E-state index >= 15 is 0 Å². The normalized spacial score (nSPS) is 11.8. The number of rotatable bonds is 2. The summed E-state index contributed by atoms with van der Waals surface area (Å²) >= 11 is 0. The summed E-state index contributed by atoms with van der Waals surface area (Å²) in [6, 6.07) is 22.4. The molecule has 0 unspecified atom stereocenters. The highest BCUT2D eigenvalue weighted by Crippen LogP contribution is 2.35. The van der Waals surface area contributed by atoms with Crippen molar-refractivity contribution in [2.45, 2.75) is 6.18 Å². The van der Waals surface area contributed by atoms with Crippen molar-refractivity contribution in [3.8, 4) is 22.6 Å². The maximum Gasteiger partial charge on any atom is 0.416 e. The summed E-state index contributed by atoms with van der Waals surface area (Å²) in [5, 5.41) is 2.12. The van der Waals surface area contributed by atoms with Crippen LogP contribution in [-0.4, -0.2) is 0 Å². The van der Waals surface area contributed by atoms with E-state index in [1.54, 1.807) is 18.2 Å². The SMILES string of the molecule is FC(F)(F)c1cccc(-c2ccc(-c3cccc4ccccc34)o2)c1. The van der Waals surface area contributed by atoms with Gasteiger partial charge in [-0.1, -0.05) is 54.6 Å². The van der Waals surface area contributed by atoms with Gasteiger partial charge in [-0.25, -0.2) is 0 Å². The summed E-state index contributed by atoms with van der Waals surface area (Å²) in [4.78, 5) is 0. The van der Waals surface area contributed by atoms with Gasteiger partial charge in [0.2, 0.25) is 0 Å². The molecule has 1 aromatic heterocycles. The number of halogens is 3. The molecular formula is C21H13F3O. The molecule has 0 fully saturated rings. The Labute approximate surface area is 142 Å². The molecule has 0 saturated carbocycles. The molecule has 4 aromatic rings. The van der Waals surface area contributed by atoms with Gasteiger partial charge in [-0.2, -0.15) is 13.2 Å². The lowest BCUT2D eigenvalue weighted by molar-refractivity contribution is -0.137. The Kier molecular flexibility index (Phi) is 3.61. The Bertz CT molecular complexity index is 1040. The lowest BCUT2D eigenvalue weighted by atomic mass is 10.0. The first-order chi connectivity index (χ1) is 12.0. The molecule has 0 aliphatic rings. The van der Waals surface area contributed by atoms with Crippen LogP contribution < -0.4 is 0 Å². The van der Waals surface area contributed by atoms with E-state index in [1.165, 1.54) is 6.07 Å². The van der Waals surface area contributed by atoms with Gasteiger partial charge in [0.1, 0.15) is 11.5 Å². The number of hydrogen-bond donors (Lipinski definition) is 0. The third-order valence-electron chi connectivity index (χ3n) is 4.14. The van der Waals surface area contributed by atoms with Crippen LogP contribution in [0.15, 0.2) is 83.3 Å². The van der Waals surface area contributed by atoms with Gasteiger partial charge in [-0.15, -0.1) is 0 Å². The predicted molar refractivity (Wildman–Crippen MR) is 92.1 cm³/mol. The zero-order valence-corrected chi connectivity index (χ0v) is 13.0. The average molecular weight is 338 g/mol. The molecule has 1 heterocycles. The fraction of sp³-hybridized carbons (Fsp3) is 0.0476. The molecule has 1 nitrogen and oxygen atoms in total. The van der Waals surface area contributed by atoms with Crippen LogP contribution in [0.25, 0.3) is 33.4 Å². The molecule has 0 radical (unpaired) electrons. The molecule has 0 saturated heterocycles. The van der Waals surface area contributed by atoms with E-state index in [9.17, 15) is 13.2 Å².